The van der Waals surface area contributed by atoms with Gasteiger partial charge in [-0.2, -0.15) is 0 Å². The van der Waals surface area contributed by atoms with Crippen LogP contribution in [0.3, 0.4) is 0 Å². The molecule has 0 amide bonds. The molecule has 0 radical (unpaired) electrons. The van der Waals surface area contributed by atoms with Crippen molar-refractivity contribution in [1.82, 2.24) is 4.90 Å². The summed E-state index contributed by atoms with van der Waals surface area (Å²) in [7, 11) is 0. The first-order valence-electron chi connectivity index (χ1n) is 6.30. The van der Waals surface area contributed by atoms with Crippen LogP contribution >= 0.6 is 0 Å². The molecule has 0 aromatic heterocycles. The summed E-state index contributed by atoms with van der Waals surface area (Å²) in [5.41, 5.74) is 0. The van der Waals surface area contributed by atoms with E-state index in [1.807, 2.05) is 4.90 Å². The average molecular weight is 241 g/mol. The molecule has 17 heavy (non-hydrogen) atoms. The van der Waals surface area contributed by atoms with Crippen LogP contribution in [0.15, 0.2) is 0 Å². The van der Waals surface area contributed by atoms with Crippen LogP contribution < -0.4 is 0 Å². The first-order chi connectivity index (χ1) is 8.09. The maximum Gasteiger partial charge on any atom is 0.320 e. The van der Waals surface area contributed by atoms with Gasteiger partial charge in [0, 0.05) is 12.6 Å². The normalized spacial score (nSPS) is 33.3. The molecule has 5 nitrogen and oxygen atoms in total. The number of likely N-dealkylation sites (tertiary alicyclic amines) is 1. The molecular formula is C12H19NO4. The lowest BCUT2D eigenvalue weighted by molar-refractivity contribution is -0.144. The number of carboxylic acids is 2. The Morgan fingerprint density at radius 3 is 2.53 bits per heavy atom. The van der Waals surface area contributed by atoms with E-state index in [4.69, 9.17) is 5.11 Å². The highest BCUT2D eigenvalue weighted by molar-refractivity contribution is 5.74. The number of fused-ring (bicyclic) bond motifs is 1. The van der Waals surface area contributed by atoms with Crippen LogP contribution in [-0.4, -0.2) is 45.7 Å². The van der Waals surface area contributed by atoms with Crippen molar-refractivity contribution in [3.8, 4) is 0 Å². The highest BCUT2D eigenvalue weighted by Gasteiger charge is 2.44. The van der Waals surface area contributed by atoms with Crippen LogP contribution in [0, 0.1) is 5.92 Å². The van der Waals surface area contributed by atoms with E-state index in [0.29, 0.717) is 24.9 Å². The molecule has 2 fully saturated rings. The van der Waals surface area contributed by atoms with E-state index in [1.165, 1.54) is 6.42 Å². The van der Waals surface area contributed by atoms with Crippen molar-refractivity contribution in [1.29, 1.82) is 0 Å². The van der Waals surface area contributed by atoms with E-state index in [1.54, 1.807) is 0 Å². The summed E-state index contributed by atoms with van der Waals surface area (Å²) in [6.45, 7) is 0.369. The van der Waals surface area contributed by atoms with Crippen LogP contribution in [0.5, 0.6) is 0 Å². The molecular weight excluding hydrogens is 222 g/mol. The summed E-state index contributed by atoms with van der Waals surface area (Å²) >= 11 is 0. The number of rotatable bonds is 4. The summed E-state index contributed by atoms with van der Waals surface area (Å²) in [4.78, 5) is 23.7. The van der Waals surface area contributed by atoms with Crippen LogP contribution in [0.4, 0.5) is 0 Å². The van der Waals surface area contributed by atoms with E-state index in [-0.39, 0.29) is 6.42 Å². The van der Waals surface area contributed by atoms with Crippen LogP contribution in [0.25, 0.3) is 0 Å². The number of carboxylic acid groups (broad SMARTS) is 2. The summed E-state index contributed by atoms with van der Waals surface area (Å²) in [5.74, 6) is -1.20. The summed E-state index contributed by atoms with van der Waals surface area (Å²) < 4.78 is 0. The van der Waals surface area contributed by atoms with E-state index >= 15 is 0 Å². The molecule has 1 aliphatic carbocycles. The maximum absolute atomic E-state index is 11.2. The third-order valence-corrected chi connectivity index (χ3v) is 4.09. The van der Waals surface area contributed by atoms with Gasteiger partial charge in [0.2, 0.25) is 0 Å². The van der Waals surface area contributed by atoms with Crippen molar-refractivity contribution >= 4 is 11.9 Å². The minimum absolute atomic E-state index is 0.0347. The van der Waals surface area contributed by atoms with Gasteiger partial charge in [-0.15, -0.1) is 0 Å². The van der Waals surface area contributed by atoms with Crippen LogP contribution in [-0.2, 0) is 9.59 Å². The van der Waals surface area contributed by atoms with Gasteiger partial charge >= 0.3 is 11.9 Å². The lowest BCUT2D eigenvalue weighted by Crippen LogP contribution is -2.43. The summed E-state index contributed by atoms with van der Waals surface area (Å²) in [6, 6.07) is -0.174. The standard InChI is InChI=1S/C12H19NO4/c14-11(15)5-6-13-9-4-2-1-3-8(9)7-10(13)12(16)17/h8-10H,1-7H2,(H,14,15)(H,16,17). The SMILES string of the molecule is O=C(O)CCN1C(C(=O)O)CC2CCCCC21. The van der Waals surface area contributed by atoms with Gasteiger partial charge in [0.25, 0.3) is 0 Å². The second-order valence-corrected chi connectivity index (χ2v) is 5.08. The highest BCUT2D eigenvalue weighted by Crippen LogP contribution is 2.39. The molecule has 1 saturated heterocycles. The topological polar surface area (TPSA) is 77.8 Å². The fraction of sp³-hybridized carbons (Fsp3) is 0.833. The van der Waals surface area contributed by atoms with Gasteiger partial charge in [0.1, 0.15) is 6.04 Å². The molecule has 3 unspecified atom stereocenters. The Hall–Kier alpha value is -1.10. The Morgan fingerprint density at radius 2 is 1.88 bits per heavy atom. The average Bonchev–Trinajstić information content (AvgIpc) is 2.65. The lowest BCUT2D eigenvalue weighted by Gasteiger charge is -2.32. The van der Waals surface area contributed by atoms with Gasteiger partial charge < -0.3 is 10.2 Å². The van der Waals surface area contributed by atoms with Crippen molar-refractivity contribution < 1.29 is 19.8 Å². The van der Waals surface area contributed by atoms with Gasteiger partial charge in [-0.05, 0) is 25.2 Å². The summed E-state index contributed by atoms with van der Waals surface area (Å²) in [5, 5.41) is 17.9. The van der Waals surface area contributed by atoms with Crippen LogP contribution in [0.1, 0.15) is 38.5 Å². The van der Waals surface area contributed by atoms with Crippen molar-refractivity contribution in [2.24, 2.45) is 5.92 Å². The molecule has 3 atom stereocenters. The Bertz CT molecular complexity index is 318. The Balaban J connectivity index is 2.06. The monoisotopic (exact) mass is 241 g/mol. The van der Waals surface area contributed by atoms with E-state index in [2.05, 4.69) is 0 Å². The third-order valence-electron chi connectivity index (χ3n) is 4.09. The Kier molecular flexibility index (Phi) is 3.66. The second-order valence-electron chi connectivity index (χ2n) is 5.08. The number of hydrogen-bond acceptors (Lipinski definition) is 3. The van der Waals surface area contributed by atoms with Crippen LogP contribution in [0.2, 0.25) is 0 Å². The molecule has 5 heteroatoms. The van der Waals surface area contributed by atoms with Gasteiger partial charge in [-0.3, -0.25) is 14.5 Å². The van der Waals surface area contributed by atoms with Crippen molar-refractivity contribution in [3.05, 3.63) is 0 Å². The number of aliphatic carboxylic acids is 2. The van der Waals surface area contributed by atoms with Gasteiger partial charge in [-0.1, -0.05) is 12.8 Å². The first-order valence-corrected chi connectivity index (χ1v) is 6.30. The Labute approximate surface area is 100 Å². The van der Waals surface area contributed by atoms with Crippen molar-refractivity contribution in [3.63, 3.8) is 0 Å². The molecule has 96 valence electrons. The zero-order valence-corrected chi connectivity index (χ0v) is 9.84. The predicted octanol–water partition coefficient (Wildman–Crippen LogP) is 1.18. The van der Waals surface area contributed by atoms with Gasteiger partial charge in [0.15, 0.2) is 0 Å². The molecule has 1 saturated carbocycles. The minimum Gasteiger partial charge on any atom is -0.481 e. The third kappa shape index (κ3) is 2.60. The first kappa shape index (κ1) is 12.4. The number of carbonyl (C=O) groups is 2. The largest absolute Gasteiger partial charge is 0.481 e. The van der Waals surface area contributed by atoms with Crippen molar-refractivity contribution in [2.75, 3.05) is 6.54 Å². The second kappa shape index (κ2) is 5.04. The highest BCUT2D eigenvalue weighted by atomic mass is 16.4. The quantitative estimate of drug-likeness (QED) is 0.772. The molecule has 1 aliphatic heterocycles. The summed E-state index contributed by atoms with van der Waals surface area (Å²) in [6.07, 6.45) is 5.16. The zero-order valence-electron chi connectivity index (χ0n) is 9.84. The maximum atomic E-state index is 11.2. The zero-order chi connectivity index (χ0) is 12.4. The lowest BCUT2D eigenvalue weighted by atomic mass is 9.85. The van der Waals surface area contributed by atoms with Gasteiger partial charge in [-0.25, -0.2) is 0 Å². The van der Waals surface area contributed by atoms with E-state index < -0.39 is 18.0 Å². The smallest absolute Gasteiger partial charge is 0.320 e. The minimum atomic E-state index is -0.853. The van der Waals surface area contributed by atoms with Gasteiger partial charge in [0.05, 0.1) is 6.42 Å². The predicted molar refractivity (Wildman–Crippen MR) is 60.7 cm³/mol. The molecule has 0 aromatic rings. The van der Waals surface area contributed by atoms with E-state index in [0.717, 1.165) is 19.3 Å². The molecule has 2 aliphatic rings. The molecule has 0 spiro atoms. The van der Waals surface area contributed by atoms with Crippen molar-refractivity contribution in [2.45, 2.75) is 50.6 Å². The molecule has 1 heterocycles. The number of nitrogens with zero attached hydrogens (tertiary/aromatic N) is 1. The fourth-order valence-electron chi connectivity index (χ4n) is 3.34. The Morgan fingerprint density at radius 1 is 1.18 bits per heavy atom. The molecule has 0 aromatic carbocycles. The molecule has 2 rings (SSSR count). The molecule has 0 bridgehead atoms. The fourth-order valence-corrected chi connectivity index (χ4v) is 3.34. The molecule has 2 N–H and O–H groups in total. The van der Waals surface area contributed by atoms with E-state index in [9.17, 15) is 14.7 Å². The number of hydrogen-bond donors (Lipinski definition) is 2.